The molecule has 1 aliphatic rings. The zero-order valence-corrected chi connectivity index (χ0v) is 7.03. The van der Waals surface area contributed by atoms with Crippen molar-refractivity contribution in [3.8, 4) is 0 Å². The van der Waals surface area contributed by atoms with Crippen LogP contribution >= 0.6 is 0 Å². The van der Waals surface area contributed by atoms with Crippen LogP contribution in [-0.4, -0.2) is 52.9 Å². The van der Waals surface area contributed by atoms with E-state index >= 15 is 0 Å². The third-order valence-corrected chi connectivity index (χ3v) is 2.26. The Morgan fingerprint density at radius 3 is 2.75 bits per heavy atom. The molecule has 68 valence electrons. The summed E-state index contributed by atoms with van der Waals surface area (Å²) in [7, 11) is 0. The van der Waals surface area contributed by atoms with Gasteiger partial charge in [0.25, 0.3) is 0 Å². The quantitative estimate of drug-likeness (QED) is 0.553. The zero-order valence-electron chi connectivity index (χ0n) is 7.03. The molecule has 0 spiro atoms. The molecule has 1 rings (SSSR count). The summed E-state index contributed by atoms with van der Waals surface area (Å²) in [4.78, 5) is 14.6. The van der Waals surface area contributed by atoms with Crippen molar-refractivity contribution < 1.29 is 19.5 Å². The van der Waals surface area contributed by atoms with Crippen LogP contribution in [0.25, 0.3) is 0 Å². The van der Waals surface area contributed by atoms with Gasteiger partial charge in [-0.3, -0.25) is 0 Å². The summed E-state index contributed by atoms with van der Waals surface area (Å²) in [5.74, 6) is -0.194. The fourth-order valence-corrected chi connectivity index (χ4v) is 1.39. The second-order valence-corrected chi connectivity index (χ2v) is 2.99. The van der Waals surface area contributed by atoms with E-state index in [4.69, 9.17) is 10.2 Å². The van der Waals surface area contributed by atoms with E-state index in [1.807, 2.05) is 0 Å². The number of hydrogen-bond donors (Lipinski definition) is 2. The number of aliphatic imine (C=N–C) groups is 1. The molecule has 0 aromatic rings. The standard InChI is InChI=1S/C7H12N2O3/c1-6-8-2-3-9(6,5-10)4-7(11)12/h10H,2-5H2,1H3/p+1. The predicted molar refractivity (Wildman–Crippen MR) is 42.7 cm³/mol. The number of carboxylic acids is 1. The maximum Gasteiger partial charge on any atom is 0.359 e. The molecule has 12 heavy (non-hydrogen) atoms. The van der Waals surface area contributed by atoms with Crippen molar-refractivity contribution in [2.24, 2.45) is 4.99 Å². The molecule has 2 N–H and O–H groups in total. The number of nitrogens with zero attached hydrogens (tertiary/aromatic N) is 2. The molecule has 0 fully saturated rings. The van der Waals surface area contributed by atoms with Crippen LogP contribution in [0.1, 0.15) is 6.92 Å². The maximum absolute atomic E-state index is 10.5. The van der Waals surface area contributed by atoms with Gasteiger partial charge in [-0.2, -0.15) is 0 Å². The predicted octanol–water partition coefficient (Wildman–Crippen LogP) is -0.730. The number of aliphatic hydroxyl groups excluding tert-OH is 1. The van der Waals surface area contributed by atoms with Gasteiger partial charge in [-0.25, -0.2) is 14.3 Å². The van der Waals surface area contributed by atoms with Crippen LogP contribution < -0.4 is 0 Å². The minimum atomic E-state index is -0.902. The summed E-state index contributed by atoms with van der Waals surface area (Å²) in [6, 6.07) is 0. The van der Waals surface area contributed by atoms with E-state index in [1.165, 1.54) is 0 Å². The molecule has 0 aromatic carbocycles. The number of quaternary nitrogens is 1. The summed E-state index contributed by atoms with van der Waals surface area (Å²) < 4.78 is 0.0926. The molecule has 0 radical (unpaired) electrons. The number of hydrogen-bond acceptors (Lipinski definition) is 3. The summed E-state index contributed by atoms with van der Waals surface area (Å²) in [6.07, 6.45) is 0. The van der Waals surface area contributed by atoms with Crippen molar-refractivity contribution in [3.63, 3.8) is 0 Å². The van der Waals surface area contributed by atoms with Gasteiger partial charge in [0, 0.05) is 6.92 Å². The van der Waals surface area contributed by atoms with Crippen LogP contribution in [0.15, 0.2) is 4.99 Å². The molecule has 0 amide bonds. The van der Waals surface area contributed by atoms with Crippen molar-refractivity contribution in [2.45, 2.75) is 6.92 Å². The number of aliphatic hydroxyl groups is 1. The molecule has 0 aromatic heterocycles. The molecular weight excluding hydrogens is 160 g/mol. The lowest BCUT2D eigenvalue weighted by molar-refractivity contribution is -0.848. The SMILES string of the molecule is CC1=NCC[N+]1(CO)CC(=O)O. The van der Waals surface area contributed by atoms with E-state index in [0.29, 0.717) is 18.9 Å². The van der Waals surface area contributed by atoms with Gasteiger partial charge in [-0.05, 0) is 0 Å². The largest absolute Gasteiger partial charge is 0.477 e. The Balaban J connectivity index is 2.76. The smallest absolute Gasteiger partial charge is 0.359 e. The third-order valence-electron chi connectivity index (χ3n) is 2.26. The summed E-state index contributed by atoms with van der Waals surface area (Å²) in [5.41, 5.74) is 0. The molecule has 5 heteroatoms. The number of carbonyl (C=O) groups is 1. The molecule has 1 heterocycles. The van der Waals surface area contributed by atoms with Crippen LogP contribution in [0.4, 0.5) is 0 Å². The van der Waals surface area contributed by atoms with Crippen LogP contribution in [0.5, 0.6) is 0 Å². The Bertz CT molecular complexity index is 227. The van der Waals surface area contributed by atoms with Gasteiger partial charge in [-0.1, -0.05) is 0 Å². The monoisotopic (exact) mass is 173 g/mol. The first-order chi connectivity index (χ1) is 5.60. The summed E-state index contributed by atoms with van der Waals surface area (Å²) in [5, 5.41) is 17.7. The fraction of sp³-hybridized carbons (Fsp3) is 0.714. The number of aliphatic carboxylic acids is 1. The molecule has 5 nitrogen and oxygen atoms in total. The molecule has 0 bridgehead atoms. The molecule has 0 aliphatic carbocycles. The Morgan fingerprint density at radius 1 is 1.75 bits per heavy atom. The third kappa shape index (κ3) is 1.46. The number of carboxylic acid groups (broad SMARTS) is 1. The highest BCUT2D eigenvalue weighted by molar-refractivity contribution is 5.77. The average molecular weight is 173 g/mol. The highest BCUT2D eigenvalue weighted by Crippen LogP contribution is 2.13. The van der Waals surface area contributed by atoms with Crippen molar-refractivity contribution in [1.29, 1.82) is 0 Å². The highest BCUT2D eigenvalue weighted by Gasteiger charge is 2.36. The second-order valence-electron chi connectivity index (χ2n) is 2.99. The normalized spacial score (nSPS) is 28.7. The molecule has 0 saturated carbocycles. The lowest BCUT2D eigenvalue weighted by atomic mass is 10.4. The van der Waals surface area contributed by atoms with E-state index < -0.39 is 5.97 Å². The van der Waals surface area contributed by atoms with Gasteiger partial charge in [-0.15, -0.1) is 0 Å². The van der Waals surface area contributed by atoms with Gasteiger partial charge >= 0.3 is 5.97 Å². The Hall–Kier alpha value is -0.940. The topological polar surface area (TPSA) is 69.9 Å². The van der Waals surface area contributed by atoms with E-state index in [-0.39, 0.29) is 17.8 Å². The van der Waals surface area contributed by atoms with E-state index in [0.717, 1.165) is 0 Å². The van der Waals surface area contributed by atoms with Crippen LogP contribution in [-0.2, 0) is 4.79 Å². The summed E-state index contributed by atoms with van der Waals surface area (Å²) in [6.45, 7) is 2.70. The first-order valence-corrected chi connectivity index (χ1v) is 3.81. The van der Waals surface area contributed by atoms with Crippen molar-refractivity contribution in [3.05, 3.63) is 0 Å². The zero-order chi connectivity index (χ0) is 9.19. The van der Waals surface area contributed by atoms with Crippen molar-refractivity contribution >= 4 is 11.8 Å². The first kappa shape index (κ1) is 9.15. The van der Waals surface area contributed by atoms with Crippen molar-refractivity contribution in [2.75, 3.05) is 26.4 Å². The molecule has 1 aliphatic heterocycles. The summed E-state index contributed by atoms with van der Waals surface area (Å²) >= 11 is 0. The highest BCUT2D eigenvalue weighted by atomic mass is 16.4. The Kier molecular flexibility index (Phi) is 2.44. The van der Waals surface area contributed by atoms with Gasteiger partial charge in [0.2, 0.25) is 0 Å². The van der Waals surface area contributed by atoms with Gasteiger partial charge in [0.15, 0.2) is 19.1 Å². The van der Waals surface area contributed by atoms with E-state index in [1.54, 1.807) is 6.92 Å². The van der Waals surface area contributed by atoms with Gasteiger partial charge < -0.3 is 10.2 Å². The first-order valence-electron chi connectivity index (χ1n) is 3.81. The molecule has 0 saturated heterocycles. The maximum atomic E-state index is 10.5. The number of rotatable bonds is 3. The van der Waals surface area contributed by atoms with Gasteiger partial charge in [0.1, 0.15) is 6.54 Å². The van der Waals surface area contributed by atoms with E-state index in [2.05, 4.69) is 4.99 Å². The Labute approximate surface area is 70.5 Å². The van der Waals surface area contributed by atoms with E-state index in [9.17, 15) is 4.79 Å². The van der Waals surface area contributed by atoms with Crippen LogP contribution in [0.3, 0.4) is 0 Å². The van der Waals surface area contributed by atoms with Crippen molar-refractivity contribution in [1.82, 2.24) is 0 Å². The lowest BCUT2D eigenvalue weighted by Gasteiger charge is -2.28. The molecule has 1 unspecified atom stereocenters. The second kappa shape index (κ2) is 3.20. The number of amidine groups is 1. The Morgan fingerprint density at radius 2 is 2.42 bits per heavy atom. The minimum absolute atomic E-state index is 0.0775. The minimum Gasteiger partial charge on any atom is -0.477 e. The van der Waals surface area contributed by atoms with Crippen LogP contribution in [0.2, 0.25) is 0 Å². The lowest BCUT2D eigenvalue weighted by Crippen LogP contribution is -2.53. The average Bonchev–Trinajstić information content (AvgIpc) is 2.32. The fourth-order valence-electron chi connectivity index (χ4n) is 1.39. The van der Waals surface area contributed by atoms with Gasteiger partial charge in [0.05, 0.1) is 6.54 Å². The molecular formula is C7H13N2O3+. The van der Waals surface area contributed by atoms with Crippen LogP contribution in [0, 0.1) is 0 Å². The molecule has 1 atom stereocenters.